The van der Waals surface area contributed by atoms with Gasteiger partial charge in [0.15, 0.2) is 6.10 Å². The van der Waals surface area contributed by atoms with Crippen molar-refractivity contribution in [3.8, 4) is 0 Å². The molecule has 1 amide bonds. The third-order valence-corrected chi connectivity index (χ3v) is 1.90. The summed E-state index contributed by atoms with van der Waals surface area (Å²) in [6, 6.07) is 6.57. The minimum Gasteiger partial charge on any atom is -0.378 e. The molecule has 62 valence electrons. The molecular weight excluding hydrogens is 158 g/mol. The van der Waals surface area contributed by atoms with Gasteiger partial charge in [-0.3, -0.25) is 10.0 Å². The lowest BCUT2D eigenvalue weighted by Crippen LogP contribution is -2.24. The van der Waals surface area contributed by atoms with E-state index in [0.29, 0.717) is 16.3 Å². The summed E-state index contributed by atoms with van der Waals surface area (Å²) in [6.45, 7) is 0. The Morgan fingerprint density at radius 3 is 2.67 bits per heavy atom. The molecule has 4 heteroatoms. The molecule has 0 unspecified atom stereocenters. The van der Waals surface area contributed by atoms with Gasteiger partial charge in [-0.15, -0.1) is 0 Å². The van der Waals surface area contributed by atoms with Crippen molar-refractivity contribution in [3.05, 3.63) is 29.8 Å². The highest BCUT2D eigenvalue weighted by Crippen LogP contribution is 2.33. The topological polar surface area (TPSA) is 60.8 Å². The predicted molar refractivity (Wildman–Crippen MR) is 40.7 cm³/mol. The highest BCUT2D eigenvalue weighted by atomic mass is 16.5. The molecule has 0 aliphatic carbocycles. The summed E-state index contributed by atoms with van der Waals surface area (Å²) in [6.07, 6.45) is -1.22. The van der Waals surface area contributed by atoms with E-state index in [1.807, 2.05) is 0 Å². The molecule has 1 aromatic carbocycles. The summed E-state index contributed by atoms with van der Waals surface area (Å²) < 4.78 is 0. The summed E-state index contributed by atoms with van der Waals surface area (Å²) in [5, 5.41) is 18.9. The number of aliphatic hydroxyl groups excluding tert-OH is 1. The minimum atomic E-state index is -1.22. The molecule has 0 saturated carbocycles. The zero-order valence-corrected chi connectivity index (χ0v) is 6.14. The van der Waals surface area contributed by atoms with Gasteiger partial charge in [-0.1, -0.05) is 18.2 Å². The first-order valence-corrected chi connectivity index (χ1v) is 3.51. The van der Waals surface area contributed by atoms with Crippen molar-refractivity contribution in [3.63, 3.8) is 0 Å². The number of para-hydroxylation sites is 1. The lowest BCUT2D eigenvalue weighted by atomic mass is 10.1. The van der Waals surface area contributed by atoms with Gasteiger partial charge < -0.3 is 5.11 Å². The standard InChI is InChI=1S/C8H7NO3/c10-7-5-3-1-2-4-6(5)9(12)8(7)11/h1-4,7,10,12H/t7-/m1/s1. The lowest BCUT2D eigenvalue weighted by Gasteiger charge is -2.05. The number of carbonyl (C=O) groups is 1. The van der Waals surface area contributed by atoms with Crippen LogP contribution in [0.25, 0.3) is 0 Å². The van der Waals surface area contributed by atoms with E-state index in [-0.39, 0.29) is 0 Å². The molecule has 1 aliphatic heterocycles. The Morgan fingerprint density at radius 1 is 1.33 bits per heavy atom. The Morgan fingerprint density at radius 2 is 2.00 bits per heavy atom. The van der Waals surface area contributed by atoms with Crippen LogP contribution in [0, 0.1) is 0 Å². The quantitative estimate of drug-likeness (QED) is 0.549. The highest BCUT2D eigenvalue weighted by molar-refractivity contribution is 6.01. The molecule has 12 heavy (non-hydrogen) atoms. The number of fused-ring (bicyclic) bond motifs is 1. The zero-order valence-electron chi connectivity index (χ0n) is 6.14. The molecule has 4 nitrogen and oxygen atoms in total. The zero-order chi connectivity index (χ0) is 8.72. The maximum Gasteiger partial charge on any atom is 0.284 e. The largest absolute Gasteiger partial charge is 0.378 e. The molecule has 2 N–H and O–H groups in total. The second-order valence-corrected chi connectivity index (χ2v) is 2.61. The van der Waals surface area contributed by atoms with Crippen LogP contribution in [0.3, 0.4) is 0 Å². The van der Waals surface area contributed by atoms with Gasteiger partial charge in [0, 0.05) is 5.56 Å². The number of benzene rings is 1. The van der Waals surface area contributed by atoms with Gasteiger partial charge >= 0.3 is 0 Å². The lowest BCUT2D eigenvalue weighted by molar-refractivity contribution is -0.130. The first-order valence-electron chi connectivity index (χ1n) is 3.51. The maximum absolute atomic E-state index is 11.0. The van der Waals surface area contributed by atoms with Gasteiger partial charge in [0.25, 0.3) is 5.91 Å². The second-order valence-electron chi connectivity index (χ2n) is 2.61. The number of amides is 1. The SMILES string of the molecule is O=C1[C@H](O)c2ccccc2N1O. The van der Waals surface area contributed by atoms with E-state index in [1.54, 1.807) is 24.3 Å². The molecule has 1 aliphatic rings. The van der Waals surface area contributed by atoms with E-state index in [9.17, 15) is 9.90 Å². The third kappa shape index (κ3) is 0.760. The Kier molecular flexibility index (Phi) is 1.39. The fourth-order valence-corrected chi connectivity index (χ4v) is 1.28. The van der Waals surface area contributed by atoms with Gasteiger partial charge in [-0.05, 0) is 6.07 Å². The van der Waals surface area contributed by atoms with Crippen molar-refractivity contribution in [1.82, 2.24) is 0 Å². The molecule has 0 saturated heterocycles. The van der Waals surface area contributed by atoms with Gasteiger partial charge in [0.05, 0.1) is 5.69 Å². The summed E-state index contributed by atoms with van der Waals surface area (Å²) >= 11 is 0. The van der Waals surface area contributed by atoms with E-state index in [2.05, 4.69) is 0 Å². The Hall–Kier alpha value is -1.39. The molecule has 0 spiro atoms. The van der Waals surface area contributed by atoms with Crippen molar-refractivity contribution >= 4 is 11.6 Å². The van der Waals surface area contributed by atoms with Gasteiger partial charge in [-0.2, -0.15) is 5.06 Å². The molecule has 2 rings (SSSR count). The van der Waals surface area contributed by atoms with Crippen LogP contribution in [-0.4, -0.2) is 16.2 Å². The average molecular weight is 165 g/mol. The summed E-state index contributed by atoms with van der Waals surface area (Å²) in [5.74, 6) is -0.698. The van der Waals surface area contributed by atoms with Crippen molar-refractivity contribution in [2.75, 3.05) is 5.06 Å². The van der Waals surface area contributed by atoms with Crippen LogP contribution in [0.1, 0.15) is 11.7 Å². The van der Waals surface area contributed by atoms with Crippen molar-refractivity contribution in [1.29, 1.82) is 0 Å². The van der Waals surface area contributed by atoms with E-state index < -0.39 is 12.0 Å². The first kappa shape index (κ1) is 7.27. The Labute approximate surface area is 68.6 Å². The number of hydroxylamine groups is 1. The van der Waals surface area contributed by atoms with Crippen LogP contribution >= 0.6 is 0 Å². The molecule has 0 bridgehead atoms. The first-order chi connectivity index (χ1) is 5.72. The third-order valence-electron chi connectivity index (χ3n) is 1.90. The normalized spacial score (nSPS) is 21.3. The average Bonchev–Trinajstić information content (AvgIpc) is 2.33. The van der Waals surface area contributed by atoms with Gasteiger partial charge in [-0.25, -0.2) is 0 Å². The number of anilines is 1. The maximum atomic E-state index is 11.0. The molecular formula is C8H7NO3. The molecule has 1 atom stereocenters. The number of rotatable bonds is 0. The molecule has 1 aromatic rings. The Balaban J connectivity index is 2.59. The monoisotopic (exact) mass is 165 g/mol. The van der Waals surface area contributed by atoms with Crippen LogP contribution in [0.5, 0.6) is 0 Å². The summed E-state index contributed by atoms with van der Waals surface area (Å²) in [5.41, 5.74) is 0.806. The van der Waals surface area contributed by atoms with Crippen LogP contribution in [0.4, 0.5) is 5.69 Å². The number of hydrogen-bond acceptors (Lipinski definition) is 3. The number of aliphatic hydroxyl groups is 1. The van der Waals surface area contributed by atoms with Crippen molar-refractivity contribution in [2.24, 2.45) is 0 Å². The number of carbonyl (C=O) groups excluding carboxylic acids is 1. The van der Waals surface area contributed by atoms with E-state index in [1.165, 1.54) is 0 Å². The van der Waals surface area contributed by atoms with Crippen LogP contribution in [-0.2, 0) is 4.79 Å². The van der Waals surface area contributed by atoms with Crippen molar-refractivity contribution in [2.45, 2.75) is 6.10 Å². The second kappa shape index (κ2) is 2.30. The molecule has 0 fully saturated rings. The number of hydrogen-bond donors (Lipinski definition) is 2. The van der Waals surface area contributed by atoms with Crippen LogP contribution in [0.2, 0.25) is 0 Å². The van der Waals surface area contributed by atoms with E-state index in [4.69, 9.17) is 5.21 Å². The van der Waals surface area contributed by atoms with Crippen LogP contribution < -0.4 is 5.06 Å². The minimum absolute atomic E-state index is 0.356. The van der Waals surface area contributed by atoms with Crippen LogP contribution in [0.15, 0.2) is 24.3 Å². The number of nitrogens with zero attached hydrogens (tertiary/aromatic N) is 1. The molecule has 0 aromatic heterocycles. The molecule has 1 heterocycles. The highest BCUT2D eigenvalue weighted by Gasteiger charge is 2.34. The fourth-order valence-electron chi connectivity index (χ4n) is 1.28. The van der Waals surface area contributed by atoms with Gasteiger partial charge in [0.2, 0.25) is 0 Å². The van der Waals surface area contributed by atoms with Gasteiger partial charge in [0.1, 0.15) is 0 Å². The predicted octanol–water partition coefficient (Wildman–Crippen LogP) is 0.456. The molecule has 0 radical (unpaired) electrons. The van der Waals surface area contributed by atoms with E-state index >= 15 is 0 Å². The smallest absolute Gasteiger partial charge is 0.284 e. The van der Waals surface area contributed by atoms with Crippen molar-refractivity contribution < 1.29 is 15.1 Å². The summed E-state index contributed by atoms with van der Waals surface area (Å²) in [4.78, 5) is 11.0. The Bertz CT molecular complexity index is 306. The fraction of sp³-hybridized carbons (Fsp3) is 0.125. The van der Waals surface area contributed by atoms with E-state index in [0.717, 1.165) is 0 Å². The summed E-state index contributed by atoms with van der Waals surface area (Å²) in [7, 11) is 0.